The summed E-state index contributed by atoms with van der Waals surface area (Å²) in [5.41, 5.74) is 1.30. The molecule has 1 aromatic heterocycles. The number of ether oxygens (including phenoxy) is 1. The SMILES string of the molecule is CCOC(=O)CCn1cnc2ccc([N+](=O)[O-])cc21. The largest absolute Gasteiger partial charge is 0.466 e. The van der Waals surface area contributed by atoms with Gasteiger partial charge in [-0.05, 0) is 13.0 Å². The van der Waals surface area contributed by atoms with Gasteiger partial charge in [0.25, 0.3) is 5.69 Å². The number of rotatable bonds is 5. The fraction of sp³-hybridized carbons (Fsp3) is 0.333. The number of hydrogen-bond acceptors (Lipinski definition) is 5. The summed E-state index contributed by atoms with van der Waals surface area (Å²) in [5, 5.41) is 10.7. The third kappa shape index (κ3) is 2.87. The third-order valence-electron chi connectivity index (χ3n) is 2.68. The predicted molar refractivity (Wildman–Crippen MR) is 67.6 cm³/mol. The molecule has 0 spiro atoms. The molecule has 2 rings (SSSR count). The summed E-state index contributed by atoms with van der Waals surface area (Å²) in [4.78, 5) is 25.7. The Morgan fingerprint density at radius 2 is 2.32 bits per heavy atom. The van der Waals surface area contributed by atoms with E-state index in [1.54, 1.807) is 23.9 Å². The highest BCUT2D eigenvalue weighted by Crippen LogP contribution is 2.20. The average molecular weight is 263 g/mol. The van der Waals surface area contributed by atoms with Gasteiger partial charge < -0.3 is 9.30 Å². The molecule has 100 valence electrons. The van der Waals surface area contributed by atoms with Crippen LogP contribution in [0.25, 0.3) is 11.0 Å². The van der Waals surface area contributed by atoms with Crippen LogP contribution in [0.2, 0.25) is 0 Å². The standard InChI is InChI=1S/C12H13N3O4/c1-2-19-12(16)5-6-14-8-13-10-4-3-9(15(17)18)7-11(10)14/h3-4,7-8H,2,5-6H2,1H3. The number of aryl methyl sites for hydroxylation is 1. The number of carbonyl (C=O) groups excluding carboxylic acids is 1. The number of nitro groups is 1. The van der Waals surface area contributed by atoms with Crippen molar-refractivity contribution in [1.82, 2.24) is 9.55 Å². The summed E-state index contributed by atoms with van der Waals surface area (Å²) in [7, 11) is 0. The minimum absolute atomic E-state index is 0.00499. The molecule has 0 fully saturated rings. The van der Waals surface area contributed by atoms with Crippen LogP contribution in [0.1, 0.15) is 13.3 Å². The Morgan fingerprint density at radius 3 is 3.00 bits per heavy atom. The molecule has 19 heavy (non-hydrogen) atoms. The van der Waals surface area contributed by atoms with Gasteiger partial charge in [0.05, 0.1) is 35.3 Å². The van der Waals surface area contributed by atoms with Crippen LogP contribution >= 0.6 is 0 Å². The molecule has 0 atom stereocenters. The molecule has 0 radical (unpaired) electrons. The van der Waals surface area contributed by atoms with E-state index >= 15 is 0 Å². The number of benzene rings is 1. The molecule has 0 aliphatic heterocycles. The van der Waals surface area contributed by atoms with Gasteiger partial charge in [-0.1, -0.05) is 0 Å². The maximum Gasteiger partial charge on any atom is 0.307 e. The van der Waals surface area contributed by atoms with Crippen molar-refractivity contribution in [3.8, 4) is 0 Å². The number of esters is 1. The summed E-state index contributed by atoms with van der Waals surface area (Å²) < 4.78 is 6.54. The maximum atomic E-state index is 11.3. The quantitative estimate of drug-likeness (QED) is 0.467. The van der Waals surface area contributed by atoms with E-state index in [1.807, 2.05) is 0 Å². The Balaban J connectivity index is 2.21. The molecule has 0 N–H and O–H groups in total. The van der Waals surface area contributed by atoms with Crippen LogP contribution in [-0.4, -0.2) is 27.1 Å². The Labute approximate surface area is 109 Å². The van der Waals surface area contributed by atoms with Crippen LogP contribution in [-0.2, 0) is 16.1 Å². The first-order chi connectivity index (χ1) is 9.11. The van der Waals surface area contributed by atoms with Gasteiger partial charge in [-0.2, -0.15) is 0 Å². The molecule has 0 bridgehead atoms. The molecule has 2 aromatic rings. The highest BCUT2D eigenvalue weighted by atomic mass is 16.6. The molecule has 0 aliphatic rings. The fourth-order valence-corrected chi connectivity index (χ4v) is 1.78. The highest BCUT2D eigenvalue weighted by molar-refractivity contribution is 5.78. The van der Waals surface area contributed by atoms with Crippen molar-refractivity contribution in [2.24, 2.45) is 0 Å². The normalized spacial score (nSPS) is 10.6. The smallest absolute Gasteiger partial charge is 0.307 e. The van der Waals surface area contributed by atoms with E-state index in [2.05, 4.69) is 4.98 Å². The monoisotopic (exact) mass is 263 g/mol. The number of aromatic nitrogens is 2. The second kappa shape index (κ2) is 5.47. The second-order valence-electron chi connectivity index (χ2n) is 3.92. The number of nitro benzene ring substituents is 1. The topological polar surface area (TPSA) is 87.3 Å². The first-order valence-electron chi connectivity index (χ1n) is 5.86. The number of carbonyl (C=O) groups is 1. The molecular weight excluding hydrogens is 250 g/mol. The second-order valence-corrected chi connectivity index (χ2v) is 3.92. The van der Waals surface area contributed by atoms with E-state index in [-0.39, 0.29) is 18.1 Å². The molecule has 0 amide bonds. The van der Waals surface area contributed by atoms with Gasteiger partial charge in [0.1, 0.15) is 0 Å². The molecule has 0 saturated carbocycles. The molecule has 0 saturated heterocycles. The molecule has 7 heteroatoms. The van der Waals surface area contributed by atoms with Gasteiger partial charge in [-0.15, -0.1) is 0 Å². The Kier molecular flexibility index (Phi) is 3.74. The molecule has 1 heterocycles. The van der Waals surface area contributed by atoms with Crippen molar-refractivity contribution in [2.75, 3.05) is 6.61 Å². The van der Waals surface area contributed by atoms with Crippen LogP contribution in [0.3, 0.4) is 0 Å². The minimum Gasteiger partial charge on any atom is -0.466 e. The molecule has 0 aliphatic carbocycles. The Bertz CT molecular complexity index is 620. The van der Waals surface area contributed by atoms with E-state index in [1.165, 1.54) is 12.1 Å². The zero-order valence-electron chi connectivity index (χ0n) is 10.4. The van der Waals surface area contributed by atoms with E-state index in [4.69, 9.17) is 4.74 Å². The molecule has 7 nitrogen and oxygen atoms in total. The van der Waals surface area contributed by atoms with Crippen molar-refractivity contribution in [3.63, 3.8) is 0 Å². The number of fused-ring (bicyclic) bond motifs is 1. The highest BCUT2D eigenvalue weighted by Gasteiger charge is 2.11. The van der Waals surface area contributed by atoms with Gasteiger partial charge in [0, 0.05) is 18.7 Å². The first-order valence-corrected chi connectivity index (χ1v) is 5.86. The number of hydrogen-bond donors (Lipinski definition) is 0. The predicted octanol–water partition coefficient (Wildman–Crippen LogP) is 1.90. The van der Waals surface area contributed by atoms with Gasteiger partial charge in [0.15, 0.2) is 0 Å². The van der Waals surface area contributed by atoms with Crippen LogP contribution in [0.5, 0.6) is 0 Å². The summed E-state index contributed by atoms with van der Waals surface area (Å²) in [6.45, 7) is 2.47. The van der Waals surface area contributed by atoms with Crippen molar-refractivity contribution in [3.05, 3.63) is 34.6 Å². The van der Waals surface area contributed by atoms with Gasteiger partial charge in [-0.25, -0.2) is 4.98 Å². The van der Waals surface area contributed by atoms with E-state index in [0.717, 1.165) is 0 Å². The van der Waals surface area contributed by atoms with Crippen molar-refractivity contribution >= 4 is 22.7 Å². The number of non-ortho nitro benzene ring substituents is 1. The molecule has 0 unspecified atom stereocenters. The van der Waals surface area contributed by atoms with E-state index in [9.17, 15) is 14.9 Å². The summed E-state index contributed by atoms with van der Waals surface area (Å²) >= 11 is 0. The fourth-order valence-electron chi connectivity index (χ4n) is 1.78. The molecule has 1 aromatic carbocycles. The van der Waals surface area contributed by atoms with Crippen molar-refractivity contribution in [1.29, 1.82) is 0 Å². The summed E-state index contributed by atoms with van der Waals surface area (Å²) in [6.07, 6.45) is 1.77. The van der Waals surface area contributed by atoms with Gasteiger partial charge in [0.2, 0.25) is 0 Å². The lowest BCUT2D eigenvalue weighted by Crippen LogP contribution is -2.08. The first kappa shape index (κ1) is 13.0. The lowest BCUT2D eigenvalue weighted by atomic mass is 10.2. The van der Waals surface area contributed by atoms with Crippen LogP contribution < -0.4 is 0 Å². The lowest BCUT2D eigenvalue weighted by Gasteiger charge is -2.04. The van der Waals surface area contributed by atoms with Crippen molar-refractivity contribution < 1.29 is 14.5 Å². The maximum absolute atomic E-state index is 11.3. The lowest BCUT2D eigenvalue weighted by molar-refractivity contribution is -0.384. The summed E-state index contributed by atoms with van der Waals surface area (Å²) in [5.74, 6) is -0.296. The van der Waals surface area contributed by atoms with Gasteiger partial charge >= 0.3 is 5.97 Å². The van der Waals surface area contributed by atoms with Crippen LogP contribution in [0.15, 0.2) is 24.5 Å². The van der Waals surface area contributed by atoms with E-state index < -0.39 is 4.92 Å². The summed E-state index contributed by atoms with van der Waals surface area (Å²) in [6, 6.07) is 4.45. The minimum atomic E-state index is -0.456. The third-order valence-corrected chi connectivity index (χ3v) is 2.68. The number of imidazole rings is 1. The Morgan fingerprint density at radius 1 is 1.53 bits per heavy atom. The Hall–Kier alpha value is -2.44. The van der Waals surface area contributed by atoms with Gasteiger partial charge in [-0.3, -0.25) is 14.9 Å². The zero-order chi connectivity index (χ0) is 13.8. The molecular formula is C12H13N3O4. The van der Waals surface area contributed by atoms with Crippen LogP contribution in [0, 0.1) is 10.1 Å². The zero-order valence-corrected chi connectivity index (χ0v) is 10.4. The average Bonchev–Trinajstić information content (AvgIpc) is 2.79. The number of nitrogens with zero attached hydrogens (tertiary/aromatic N) is 3. The van der Waals surface area contributed by atoms with E-state index in [0.29, 0.717) is 24.2 Å². The van der Waals surface area contributed by atoms with Crippen LogP contribution in [0.4, 0.5) is 5.69 Å². The van der Waals surface area contributed by atoms with Crippen molar-refractivity contribution in [2.45, 2.75) is 19.9 Å².